The minimum absolute atomic E-state index is 0.0396. The number of hydrogen-bond donors (Lipinski definition) is 1. The van der Waals surface area contributed by atoms with E-state index >= 15 is 0 Å². The molecule has 0 aliphatic rings. The first-order valence-electron chi connectivity index (χ1n) is 6.52. The van der Waals surface area contributed by atoms with Crippen molar-refractivity contribution in [3.63, 3.8) is 0 Å². The Morgan fingerprint density at radius 1 is 1.24 bits per heavy atom. The van der Waals surface area contributed by atoms with Crippen molar-refractivity contribution in [1.29, 1.82) is 0 Å². The van der Waals surface area contributed by atoms with Gasteiger partial charge in [-0.1, -0.05) is 29.5 Å². The Labute approximate surface area is 127 Å². The maximum Gasteiger partial charge on any atom is 0.322 e. The Bertz CT molecular complexity index is 659. The van der Waals surface area contributed by atoms with Crippen molar-refractivity contribution >= 4 is 23.4 Å². The van der Waals surface area contributed by atoms with E-state index in [9.17, 15) is 10.1 Å². The second-order valence-electron chi connectivity index (χ2n) is 4.49. The predicted molar refractivity (Wildman–Crippen MR) is 82.9 cm³/mol. The molecule has 0 radical (unpaired) electrons. The summed E-state index contributed by atoms with van der Waals surface area (Å²) < 4.78 is 0. The number of anilines is 1. The van der Waals surface area contributed by atoms with Crippen molar-refractivity contribution < 1.29 is 4.92 Å². The largest absolute Gasteiger partial charge is 0.354 e. The van der Waals surface area contributed by atoms with Gasteiger partial charge < -0.3 is 5.32 Å². The van der Waals surface area contributed by atoms with Crippen LogP contribution < -0.4 is 5.32 Å². The van der Waals surface area contributed by atoms with Crippen LogP contribution in [0, 0.1) is 24.0 Å². The van der Waals surface area contributed by atoms with E-state index in [1.807, 2.05) is 38.1 Å². The van der Waals surface area contributed by atoms with Crippen molar-refractivity contribution in [3.05, 3.63) is 45.6 Å². The van der Waals surface area contributed by atoms with Crippen LogP contribution in [0.5, 0.6) is 0 Å². The van der Waals surface area contributed by atoms with Gasteiger partial charge in [0.25, 0.3) is 0 Å². The Hall–Kier alpha value is -2.15. The van der Waals surface area contributed by atoms with Crippen LogP contribution in [0.15, 0.2) is 34.2 Å². The molecule has 2 rings (SSSR count). The fraction of sp³-hybridized carbons (Fsp3) is 0.286. The van der Waals surface area contributed by atoms with Crippen molar-refractivity contribution in [3.8, 4) is 0 Å². The number of nitro groups is 1. The zero-order valence-corrected chi connectivity index (χ0v) is 12.9. The van der Waals surface area contributed by atoms with Gasteiger partial charge >= 0.3 is 5.69 Å². The lowest BCUT2D eigenvalue weighted by Crippen LogP contribution is -2.07. The lowest BCUT2D eigenvalue weighted by atomic mass is 10.2. The Morgan fingerprint density at radius 3 is 2.48 bits per heavy atom. The quantitative estimate of drug-likeness (QED) is 0.516. The molecule has 1 heterocycles. The van der Waals surface area contributed by atoms with Gasteiger partial charge in [-0.15, -0.1) is 0 Å². The van der Waals surface area contributed by atoms with Gasteiger partial charge in [-0.25, -0.2) is 4.98 Å². The summed E-state index contributed by atoms with van der Waals surface area (Å²) in [7, 11) is 0. The van der Waals surface area contributed by atoms with E-state index in [4.69, 9.17) is 0 Å². The second-order valence-corrected chi connectivity index (χ2v) is 5.55. The van der Waals surface area contributed by atoms with E-state index in [0.717, 1.165) is 10.5 Å². The SMILES string of the molecule is CCNc1nc(C)c([N+](=O)[O-])c(Sc2ccc(C)cc2)n1. The summed E-state index contributed by atoms with van der Waals surface area (Å²) in [6.07, 6.45) is 0. The van der Waals surface area contributed by atoms with Crippen LogP contribution >= 0.6 is 11.8 Å². The van der Waals surface area contributed by atoms with Gasteiger partial charge in [-0.3, -0.25) is 10.1 Å². The van der Waals surface area contributed by atoms with Gasteiger partial charge in [-0.2, -0.15) is 4.98 Å². The number of nitrogens with zero attached hydrogens (tertiary/aromatic N) is 3. The number of rotatable bonds is 5. The van der Waals surface area contributed by atoms with E-state index < -0.39 is 4.92 Å². The van der Waals surface area contributed by atoms with Crippen LogP contribution in [0.1, 0.15) is 18.2 Å². The second kappa shape index (κ2) is 6.53. The van der Waals surface area contributed by atoms with Gasteiger partial charge in [0.2, 0.25) is 5.95 Å². The molecule has 2 aromatic rings. The fourth-order valence-corrected chi connectivity index (χ4v) is 2.72. The minimum atomic E-state index is -0.429. The first kappa shape index (κ1) is 15.2. The molecule has 0 atom stereocenters. The van der Waals surface area contributed by atoms with Gasteiger partial charge in [0.05, 0.1) is 4.92 Å². The van der Waals surface area contributed by atoms with Gasteiger partial charge in [-0.05, 0) is 32.9 Å². The Balaban J connectivity index is 2.43. The molecule has 21 heavy (non-hydrogen) atoms. The molecule has 0 saturated heterocycles. The van der Waals surface area contributed by atoms with Crippen LogP contribution in [0.3, 0.4) is 0 Å². The topological polar surface area (TPSA) is 81.0 Å². The molecule has 0 bridgehead atoms. The first-order chi connectivity index (χ1) is 10.0. The molecular weight excluding hydrogens is 288 g/mol. The maximum absolute atomic E-state index is 11.2. The fourth-order valence-electron chi connectivity index (χ4n) is 1.78. The molecule has 0 spiro atoms. The molecule has 1 aromatic carbocycles. The minimum Gasteiger partial charge on any atom is -0.354 e. The average molecular weight is 304 g/mol. The Morgan fingerprint density at radius 2 is 1.90 bits per heavy atom. The van der Waals surface area contributed by atoms with E-state index in [0.29, 0.717) is 23.2 Å². The summed E-state index contributed by atoms with van der Waals surface area (Å²) in [5, 5.41) is 14.6. The van der Waals surface area contributed by atoms with Crippen LogP contribution in [0.2, 0.25) is 0 Å². The van der Waals surface area contributed by atoms with E-state index in [-0.39, 0.29) is 5.69 Å². The molecule has 0 saturated carbocycles. The molecule has 1 N–H and O–H groups in total. The first-order valence-corrected chi connectivity index (χ1v) is 7.34. The third-order valence-electron chi connectivity index (χ3n) is 2.78. The smallest absolute Gasteiger partial charge is 0.322 e. The monoisotopic (exact) mass is 304 g/mol. The number of hydrogen-bond acceptors (Lipinski definition) is 6. The van der Waals surface area contributed by atoms with Crippen LogP contribution in [-0.2, 0) is 0 Å². The summed E-state index contributed by atoms with van der Waals surface area (Å²) in [6.45, 7) is 6.20. The molecule has 0 aliphatic heterocycles. The summed E-state index contributed by atoms with van der Waals surface area (Å²) in [6, 6.07) is 7.78. The number of nitrogens with one attached hydrogen (secondary N) is 1. The highest BCUT2D eigenvalue weighted by Gasteiger charge is 2.22. The summed E-state index contributed by atoms with van der Waals surface area (Å²) >= 11 is 1.27. The van der Waals surface area contributed by atoms with Crippen molar-refractivity contribution in [2.45, 2.75) is 30.7 Å². The normalized spacial score (nSPS) is 10.4. The third kappa shape index (κ3) is 3.69. The standard InChI is InChI=1S/C14H16N4O2S/c1-4-15-14-16-10(3)12(18(19)20)13(17-14)21-11-7-5-9(2)6-8-11/h5-8H,4H2,1-3H3,(H,15,16,17). The highest BCUT2D eigenvalue weighted by Crippen LogP contribution is 2.35. The molecule has 0 aliphatic carbocycles. The lowest BCUT2D eigenvalue weighted by molar-refractivity contribution is -0.389. The van der Waals surface area contributed by atoms with Crippen LogP contribution in [0.25, 0.3) is 0 Å². The predicted octanol–water partition coefficient (Wildman–Crippen LogP) is 3.58. The molecule has 0 unspecified atom stereocenters. The third-order valence-corrected chi connectivity index (χ3v) is 3.77. The van der Waals surface area contributed by atoms with Gasteiger partial charge in [0.1, 0.15) is 5.69 Å². The number of aryl methyl sites for hydroxylation is 2. The van der Waals surface area contributed by atoms with Crippen molar-refractivity contribution in [2.24, 2.45) is 0 Å². The lowest BCUT2D eigenvalue weighted by Gasteiger charge is -2.08. The Kier molecular flexibility index (Phi) is 4.74. The molecular formula is C14H16N4O2S. The van der Waals surface area contributed by atoms with Gasteiger partial charge in [0, 0.05) is 11.4 Å². The zero-order chi connectivity index (χ0) is 15.4. The highest BCUT2D eigenvalue weighted by molar-refractivity contribution is 7.99. The van der Waals surface area contributed by atoms with Crippen LogP contribution in [0.4, 0.5) is 11.6 Å². The molecule has 110 valence electrons. The molecule has 1 aromatic heterocycles. The van der Waals surface area contributed by atoms with Gasteiger partial charge in [0.15, 0.2) is 5.03 Å². The van der Waals surface area contributed by atoms with E-state index in [1.165, 1.54) is 11.8 Å². The molecule has 0 fully saturated rings. The molecule has 7 heteroatoms. The van der Waals surface area contributed by atoms with Crippen LogP contribution in [-0.4, -0.2) is 21.4 Å². The number of aromatic nitrogens is 2. The molecule has 0 amide bonds. The number of benzene rings is 1. The highest BCUT2D eigenvalue weighted by atomic mass is 32.2. The maximum atomic E-state index is 11.2. The van der Waals surface area contributed by atoms with Crippen molar-refractivity contribution in [2.75, 3.05) is 11.9 Å². The summed E-state index contributed by atoms with van der Waals surface area (Å²) in [5.41, 5.74) is 1.46. The molecule has 6 nitrogen and oxygen atoms in total. The summed E-state index contributed by atoms with van der Waals surface area (Å²) in [5.74, 6) is 0.412. The zero-order valence-electron chi connectivity index (χ0n) is 12.1. The van der Waals surface area contributed by atoms with E-state index in [1.54, 1.807) is 6.92 Å². The van der Waals surface area contributed by atoms with E-state index in [2.05, 4.69) is 15.3 Å². The van der Waals surface area contributed by atoms with Crippen molar-refractivity contribution in [1.82, 2.24) is 9.97 Å². The average Bonchev–Trinajstić information content (AvgIpc) is 2.41. The summed E-state index contributed by atoms with van der Waals surface area (Å²) in [4.78, 5) is 20.1.